The zero-order valence-corrected chi connectivity index (χ0v) is 10.8. The van der Waals surface area contributed by atoms with Gasteiger partial charge < -0.3 is 10.4 Å². The molecule has 0 saturated heterocycles. The normalized spacial score (nSPS) is 15.9. The van der Waals surface area contributed by atoms with Crippen molar-refractivity contribution in [3.8, 4) is 0 Å². The molecule has 1 aromatic carbocycles. The molecule has 1 amide bonds. The monoisotopic (exact) mass is 283 g/mol. The fourth-order valence-electron chi connectivity index (χ4n) is 1.62. The summed E-state index contributed by atoms with van der Waals surface area (Å²) in [5, 5.41) is 11.0. The summed E-state index contributed by atoms with van der Waals surface area (Å²) in [6.45, 7) is -0.476. The minimum absolute atomic E-state index is 0.0764. The van der Waals surface area contributed by atoms with Gasteiger partial charge in [0, 0.05) is 6.54 Å². The summed E-state index contributed by atoms with van der Waals surface area (Å²) in [5.74, 6) is -0.497. The lowest BCUT2D eigenvalue weighted by molar-refractivity contribution is -0.120. The number of aliphatic hydroxyl groups excluding tert-OH is 1. The number of carbonyl (C=O) groups is 1. The number of hydrogen-bond acceptors (Lipinski definition) is 5. The largest absolute Gasteiger partial charge is 0.395 e. The van der Waals surface area contributed by atoms with Crippen molar-refractivity contribution in [2.75, 3.05) is 19.7 Å². The topological polar surface area (TPSA) is 99.1 Å². The molecule has 0 spiro atoms. The fraction of sp³-hybridized carbons (Fsp3) is 0.273. The van der Waals surface area contributed by atoms with Crippen molar-refractivity contribution in [2.45, 2.75) is 4.90 Å². The minimum atomic E-state index is -3.74. The zero-order chi connectivity index (χ0) is 13.9. The molecule has 1 aliphatic rings. The van der Waals surface area contributed by atoms with Crippen LogP contribution >= 0.6 is 0 Å². The second-order valence-corrected chi connectivity index (χ2v) is 5.70. The smallest absolute Gasteiger partial charge is 0.267 e. The summed E-state index contributed by atoms with van der Waals surface area (Å²) < 4.78 is 25.3. The van der Waals surface area contributed by atoms with Gasteiger partial charge in [0.25, 0.3) is 10.0 Å². The fourth-order valence-corrected chi connectivity index (χ4v) is 2.96. The van der Waals surface area contributed by atoms with Gasteiger partial charge in [0.05, 0.1) is 12.3 Å². The number of rotatable bonds is 4. The average Bonchev–Trinajstić information content (AvgIpc) is 2.40. The van der Waals surface area contributed by atoms with Gasteiger partial charge in [-0.2, -0.15) is 0 Å². The lowest BCUT2D eigenvalue weighted by Crippen LogP contribution is -2.41. The molecule has 0 aliphatic carbocycles. The molecular weight excluding hydrogens is 270 g/mol. The molecule has 102 valence electrons. The van der Waals surface area contributed by atoms with Crippen LogP contribution in [0.2, 0.25) is 0 Å². The van der Waals surface area contributed by atoms with Crippen LogP contribution in [-0.4, -0.2) is 49.8 Å². The Labute approximate surface area is 110 Å². The number of amides is 1. The molecule has 19 heavy (non-hydrogen) atoms. The highest BCUT2D eigenvalue weighted by Gasteiger charge is 2.29. The first-order valence-electron chi connectivity index (χ1n) is 5.58. The highest BCUT2D eigenvalue weighted by atomic mass is 32.2. The predicted octanol–water partition coefficient (Wildman–Crippen LogP) is -0.541. The van der Waals surface area contributed by atoms with Gasteiger partial charge in [0.15, 0.2) is 0 Å². The van der Waals surface area contributed by atoms with E-state index in [1.165, 1.54) is 6.07 Å². The molecule has 0 fully saturated rings. The molecule has 0 saturated carbocycles. The number of nitrogens with one attached hydrogen (secondary N) is 1. The van der Waals surface area contributed by atoms with Crippen LogP contribution < -0.4 is 5.32 Å². The number of benzene rings is 1. The van der Waals surface area contributed by atoms with E-state index in [9.17, 15) is 13.2 Å². The summed E-state index contributed by atoms with van der Waals surface area (Å²) in [7, 11) is -3.74. The van der Waals surface area contributed by atoms with E-state index in [0.717, 1.165) is 10.6 Å². The van der Waals surface area contributed by atoms with E-state index in [4.69, 9.17) is 5.11 Å². The van der Waals surface area contributed by atoms with Crippen LogP contribution in [0.4, 0.5) is 5.69 Å². The van der Waals surface area contributed by atoms with E-state index in [1.54, 1.807) is 18.2 Å². The molecule has 0 unspecified atom stereocenters. The molecule has 8 heteroatoms. The van der Waals surface area contributed by atoms with E-state index < -0.39 is 15.9 Å². The maximum Gasteiger partial charge on any atom is 0.267 e. The van der Waals surface area contributed by atoms with Crippen LogP contribution in [-0.2, 0) is 14.8 Å². The second-order valence-electron chi connectivity index (χ2n) is 3.84. The molecule has 7 nitrogen and oxygen atoms in total. The summed E-state index contributed by atoms with van der Waals surface area (Å²) in [5.41, 5.74) is 0.356. The summed E-state index contributed by atoms with van der Waals surface area (Å²) in [6.07, 6.45) is 1.12. The number of sulfonamides is 1. The van der Waals surface area contributed by atoms with Crippen molar-refractivity contribution < 1.29 is 18.3 Å². The lowest BCUT2D eigenvalue weighted by atomic mass is 10.3. The Kier molecular flexibility index (Phi) is 3.82. The van der Waals surface area contributed by atoms with E-state index >= 15 is 0 Å². The van der Waals surface area contributed by atoms with Crippen LogP contribution in [0.15, 0.2) is 34.2 Å². The van der Waals surface area contributed by atoms with Crippen molar-refractivity contribution in [3.63, 3.8) is 0 Å². The van der Waals surface area contributed by atoms with E-state index in [2.05, 4.69) is 10.3 Å². The van der Waals surface area contributed by atoms with Gasteiger partial charge in [0.2, 0.25) is 5.91 Å². The van der Waals surface area contributed by atoms with Gasteiger partial charge in [-0.05, 0) is 12.1 Å². The Morgan fingerprint density at radius 2 is 2.11 bits per heavy atom. The van der Waals surface area contributed by atoms with Gasteiger partial charge in [-0.3, -0.25) is 4.79 Å². The third-order valence-electron chi connectivity index (χ3n) is 2.51. The number of fused-ring (bicyclic) bond motifs is 1. The van der Waals surface area contributed by atoms with Gasteiger partial charge >= 0.3 is 0 Å². The van der Waals surface area contributed by atoms with Gasteiger partial charge in [0.1, 0.15) is 17.8 Å². The second kappa shape index (κ2) is 5.37. The quantitative estimate of drug-likeness (QED) is 0.775. The molecule has 0 aromatic heterocycles. The summed E-state index contributed by atoms with van der Waals surface area (Å²) in [4.78, 5) is 15.6. The van der Waals surface area contributed by atoms with E-state index in [0.29, 0.717) is 5.69 Å². The highest BCUT2D eigenvalue weighted by Crippen LogP contribution is 2.29. The number of para-hydroxylation sites is 1. The van der Waals surface area contributed by atoms with Crippen LogP contribution in [0, 0.1) is 0 Å². The molecule has 1 aromatic rings. The van der Waals surface area contributed by atoms with Crippen molar-refractivity contribution >= 4 is 28.0 Å². The molecule has 2 rings (SSSR count). The van der Waals surface area contributed by atoms with Gasteiger partial charge in [-0.25, -0.2) is 17.7 Å². The Morgan fingerprint density at radius 1 is 1.37 bits per heavy atom. The maximum absolute atomic E-state index is 12.2. The Hall–Kier alpha value is -1.93. The number of nitrogens with zero attached hydrogens (tertiary/aromatic N) is 2. The van der Waals surface area contributed by atoms with Crippen molar-refractivity contribution in [1.29, 1.82) is 0 Å². The van der Waals surface area contributed by atoms with Gasteiger partial charge in [-0.15, -0.1) is 0 Å². The van der Waals surface area contributed by atoms with Crippen molar-refractivity contribution in [3.05, 3.63) is 24.3 Å². The Bertz CT molecular complexity index is 612. The molecule has 2 N–H and O–H groups in total. The lowest BCUT2D eigenvalue weighted by Gasteiger charge is -2.23. The summed E-state index contributed by atoms with van der Waals surface area (Å²) >= 11 is 0. The third kappa shape index (κ3) is 2.74. The van der Waals surface area contributed by atoms with Crippen LogP contribution in [0.1, 0.15) is 0 Å². The van der Waals surface area contributed by atoms with E-state index in [1.807, 2.05) is 0 Å². The number of hydrogen-bond donors (Lipinski definition) is 2. The maximum atomic E-state index is 12.2. The average molecular weight is 283 g/mol. The molecule has 0 atom stereocenters. The van der Waals surface area contributed by atoms with Crippen LogP contribution in [0.25, 0.3) is 0 Å². The van der Waals surface area contributed by atoms with Crippen molar-refractivity contribution in [1.82, 2.24) is 9.62 Å². The number of carbonyl (C=O) groups excluding carboxylic acids is 1. The van der Waals surface area contributed by atoms with Crippen LogP contribution in [0.3, 0.4) is 0 Å². The Balaban J connectivity index is 2.20. The number of aliphatic imine (C=N–C) groups is 1. The van der Waals surface area contributed by atoms with Gasteiger partial charge in [-0.1, -0.05) is 12.1 Å². The minimum Gasteiger partial charge on any atom is -0.395 e. The first kappa shape index (κ1) is 13.5. The first-order valence-corrected chi connectivity index (χ1v) is 7.02. The predicted molar refractivity (Wildman–Crippen MR) is 68.6 cm³/mol. The highest BCUT2D eigenvalue weighted by molar-refractivity contribution is 7.89. The van der Waals surface area contributed by atoms with E-state index in [-0.39, 0.29) is 24.6 Å². The SMILES string of the molecule is O=C(CN1C=Nc2ccccc2S1(=O)=O)NCCO. The molecule has 0 bridgehead atoms. The molecule has 1 aliphatic heterocycles. The van der Waals surface area contributed by atoms with Crippen molar-refractivity contribution in [2.24, 2.45) is 4.99 Å². The molecular formula is C11H13N3O4S. The molecule has 0 radical (unpaired) electrons. The first-order chi connectivity index (χ1) is 9.05. The zero-order valence-electron chi connectivity index (χ0n) is 9.98. The standard InChI is InChI=1S/C11H13N3O4S/c15-6-5-12-11(16)7-14-8-13-9-3-1-2-4-10(9)19(14,17)18/h1-4,8,15H,5-7H2,(H,12,16). The van der Waals surface area contributed by atoms with Crippen LogP contribution in [0.5, 0.6) is 0 Å². The number of aliphatic hydroxyl groups is 1. The third-order valence-corrected chi connectivity index (χ3v) is 4.25. The molecule has 1 heterocycles. The summed E-state index contributed by atoms with van der Waals surface area (Å²) in [6, 6.07) is 6.32. The Morgan fingerprint density at radius 3 is 2.84 bits per heavy atom.